The Balaban J connectivity index is 2.34. The number of amides is 11. The first-order valence-electron chi connectivity index (χ1n) is 33.8. The van der Waals surface area contributed by atoms with Crippen molar-refractivity contribution in [2.75, 3.05) is 82.2 Å². The minimum Gasteiger partial charge on any atom is -0.390 e. The zero-order chi connectivity index (χ0) is 71.2. The van der Waals surface area contributed by atoms with Crippen LogP contribution in [-0.4, -0.2) is 264 Å². The number of likely N-dealkylation sites (N-methyl/N-ethyl adjacent to an activating group) is 7. The van der Waals surface area contributed by atoms with Crippen LogP contribution in [0.4, 0.5) is 0 Å². The summed E-state index contributed by atoms with van der Waals surface area (Å²) in [6.45, 7) is 32.7. The van der Waals surface area contributed by atoms with Gasteiger partial charge in [0, 0.05) is 67.8 Å². The molecule has 0 saturated carbocycles. The molecular weight excluding hydrogens is 1190 g/mol. The van der Waals surface area contributed by atoms with E-state index in [1.54, 1.807) is 47.6 Å². The zero-order valence-corrected chi connectivity index (χ0v) is 60.8. The van der Waals surface area contributed by atoms with Gasteiger partial charge in [-0.15, -0.1) is 0 Å². The lowest BCUT2D eigenvalue weighted by atomic mass is 9.85. The average Bonchev–Trinajstić information content (AvgIpc) is 1.79. The molecule has 3 saturated heterocycles. The van der Waals surface area contributed by atoms with E-state index >= 15 is 28.8 Å². The number of nitrogens with zero attached hydrogens (tertiary/aromatic N) is 8. The third kappa shape index (κ3) is 20.6. The topological polar surface area (TPSA) is 291 Å². The highest BCUT2D eigenvalue weighted by molar-refractivity contribution is 6.00. The Morgan fingerprint density at radius 3 is 1.46 bits per heavy atom. The molecule has 3 aliphatic heterocycles. The molecule has 25 nitrogen and oxygen atoms in total. The first-order valence-corrected chi connectivity index (χ1v) is 33.8. The normalized spacial score (nSPS) is 28.9. The fourth-order valence-corrected chi connectivity index (χ4v) is 13.1. The molecule has 0 unspecified atom stereocenters. The van der Waals surface area contributed by atoms with E-state index in [4.69, 9.17) is 4.74 Å². The van der Waals surface area contributed by atoms with Gasteiger partial charge in [-0.1, -0.05) is 102 Å². The van der Waals surface area contributed by atoms with Gasteiger partial charge in [-0.3, -0.25) is 52.7 Å². The molecule has 11 amide bonds. The molecule has 3 rings (SSSR count). The summed E-state index contributed by atoms with van der Waals surface area (Å²) in [6.07, 6.45) is 3.74. The largest absolute Gasteiger partial charge is 0.390 e. The van der Waals surface area contributed by atoms with Gasteiger partial charge in [0.1, 0.15) is 66.5 Å². The van der Waals surface area contributed by atoms with Crippen LogP contribution < -0.4 is 21.3 Å². The SMILES string of the molecule is C/C=C/C[C@@H](C)[C@@H](O)[C@H]1C(=O)N[C@@H](CC)C(=O)N(C)[C@H](C)C(=O)N(C)[C@@H]([C@H](C)CN2CCC3(COC3)C2)C(=O)N[C@@H](C(C)C)C(=O)N(C)[C@@H](CC(C)C)C(=O)N[C@@H](C)C(=O)N[C@H](C)C(=O)N(C)[C@@H](CC(C)C)C(=O)N(C)[C@@H](CC(C)C)C(=O)N(C)[C@@H](C(C)C)C(=O)N1C. The molecule has 25 heteroatoms. The van der Waals surface area contributed by atoms with Gasteiger partial charge in [-0.05, 0) is 114 Å². The number of hydrogen-bond acceptors (Lipinski definition) is 14. The van der Waals surface area contributed by atoms with Crippen molar-refractivity contribution >= 4 is 65.0 Å². The predicted molar refractivity (Wildman–Crippen MR) is 357 cm³/mol. The molecule has 0 radical (unpaired) electrons. The van der Waals surface area contributed by atoms with E-state index in [-0.39, 0.29) is 48.9 Å². The van der Waals surface area contributed by atoms with Crippen LogP contribution in [0.25, 0.3) is 0 Å². The summed E-state index contributed by atoms with van der Waals surface area (Å²) in [5, 5.41) is 23.4. The van der Waals surface area contributed by atoms with E-state index in [1.807, 2.05) is 61.5 Å². The predicted octanol–water partition coefficient (Wildman–Crippen LogP) is 2.97. The Hall–Kier alpha value is -6.21. The highest BCUT2D eigenvalue weighted by atomic mass is 16.5. The Labute approximate surface area is 555 Å². The van der Waals surface area contributed by atoms with Crippen molar-refractivity contribution < 1.29 is 62.6 Å². The second kappa shape index (κ2) is 35.5. The van der Waals surface area contributed by atoms with Crippen molar-refractivity contribution in [2.45, 2.75) is 229 Å². The summed E-state index contributed by atoms with van der Waals surface area (Å²) in [4.78, 5) is 174. The Morgan fingerprint density at radius 2 is 0.989 bits per heavy atom. The zero-order valence-electron chi connectivity index (χ0n) is 60.8. The van der Waals surface area contributed by atoms with Crippen molar-refractivity contribution in [3.63, 3.8) is 0 Å². The van der Waals surface area contributed by atoms with Crippen molar-refractivity contribution in [2.24, 2.45) is 46.8 Å². The van der Waals surface area contributed by atoms with Crippen molar-refractivity contribution in [3.05, 3.63) is 12.2 Å². The minimum atomic E-state index is -1.63. The quantitative estimate of drug-likeness (QED) is 0.139. The van der Waals surface area contributed by atoms with Gasteiger partial charge >= 0.3 is 0 Å². The summed E-state index contributed by atoms with van der Waals surface area (Å²) in [6, 6.07) is -13.8. The van der Waals surface area contributed by atoms with Crippen LogP contribution in [0, 0.1) is 46.8 Å². The van der Waals surface area contributed by atoms with Gasteiger partial charge in [0.15, 0.2) is 0 Å². The number of likely N-dealkylation sites (tertiary alicyclic amines) is 1. The van der Waals surface area contributed by atoms with E-state index in [0.717, 1.165) is 24.4 Å². The fraction of sp³-hybridized carbons (Fsp3) is 0.809. The van der Waals surface area contributed by atoms with Gasteiger partial charge in [-0.2, -0.15) is 0 Å². The molecule has 3 heterocycles. The van der Waals surface area contributed by atoms with Gasteiger partial charge in [0.05, 0.1) is 19.3 Å². The molecule has 0 aliphatic carbocycles. The van der Waals surface area contributed by atoms with E-state index < -0.39 is 161 Å². The number of hydrogen-bond donors (Lipinski definition) is 5. The number of ether oxygens (including phenoxy) is 1. The number of carbonyl (C=O) groups excluding carboxylic acids is 11. The van der Waals surface area contributed by atoms with Gasteiger partial charge in [-0.25, -0.2) is 0 Å². The highest BCUT2D eigenvalue weighted by Crippen LogP contribution is 2.38. The molecule has 0 aromatic carbocycles. The summed E-state index contributed by atoms with van der Waals surface area (Å²) in [5.41, 5.74) is -0.00223. The van der Waals surface area contributed by atoms with Crippen LogP contribution in [0.2, 0.25) is 0 Å². The Morgan fingerprint density at radius 1 is 0.516 bits per heavy atom. The number of rotatable bonds is 16. The summed E-state index contributed by atoms with van der Waals surface area (Å²) in [5.74, 6) is -10.2. The lowest BCUT2D eigenvalue weighted by Crippen LogP contribution is -2.64. The van der Waals surface area contributed by atoms with Gasteiger partial charge < -0.3 is 70.3 Å². The van der Waals surface area contributed by atoms with E-state index in [2.05, 4.69) is 26.2 Å². The van der Waals surface area contributed by atoms with Crippen LogP contribution in [0.15, 0.2) is 12.2 Å². The summed E-state index contributed by atoms with van der Waals surface area (Å²) >= 11 is 0. The number of nitrogens with one attached hydrogen (secondary N) is 4. The smallest absolute Gasteiger partial charge is 0.246 e. The molecule has 5 N–H and O–H groups in total. The van der Waals surface area contributed by atoms with Crippen LogP contribution in [0.1, 0.15) is 156 Å². The number of carbonyl (C=O) groups is 11. The second-order valence-corrected chi connectivity index (χ2v) is 29.2. The maximum atomic E-state index is 15.3. The monoisotopic (exact) mass is 1310 g/mol. The second-order valence-electron chi connectivity index (χ2n) is 29.2. The molecule has 0 aromatic heterocycles. The van der Waals surface area contributed by atoms with Gasteiger partial charge in [0.25, 0.3) is 0 Å². The van der Waals surface area contributed by atoms with Crippen LogP contribution in [-0.2, 0) is 57.5 Å². The maximum absolute atomic E-state index is 15.3. The van der Waals surface area contributed by atoms with Crippen molar-refractivity contribution in [1.82, 2.24) is 60.5 Å². The highest BCUT2D eigenvalue weighted by Gasteiger charge is 2.49. The number of allylic oxidation sites excluding steroid dienone is 2. The average molecular weight is 1310 g/mol. The lowest BCUT2D eigenvalue weighted by molar-refractivity contribution is -0.157. The molecule has 14 atom stereocenters. The molecule has 3 fully saturated rings. The molecule has 530 valence electrons. The van der Waals surface area contributed by atoms with E-state index in [9.17, 15) is 29.1 Å². The molecular formula is C68H120N12O13. The summed E-state index contributed by atoms with van der Waals surface area (Å²) < 4.78 is 5.59. The third-order valence-corrected chi connectivity index (χ3v) is 19.2. The summed E-state index contributed by atoms with van der Waals surface area (Å²) in [7, 11) is 10.0. The lowest BCUT2D eigenvalue weighted by Gasteiger charge is -2.41. The Kier molecular flexibility index (Phi) is 30.9. The molecule has 93 heavy (non-hydrogen) atoms. The maximum Gasteiger partial charge on any atom is 0.246 e. The van der Waals surface area contributed by atoms with Crippen LogP contribution in [0.3, 0.4) is 0 Å². The first kappa shape index (κ1) is 81.0. The third-order valence-electron chi connectivity index (χ3n) is 19.2. The molecule has 0 aromatic rings. The molecule has 3 aliphatic rings. The number of aliphatic hydroxyl groups is 1. The number of aliphatic hydroxyl groups excluding tert-OH is 1. The van der Waals surface area contributed by atoms with Crippen LogP contribution >= 0.6 is 0 Å². The minimum absolute atomic E-state index is 0.00223. The van der Waals surface area contributed by atoms with Crippen LogP contribution in [0.5, 0.6) is 0 Å². The molecule has 0 bridgehead atoms. The fourth-order valence-electron chi connectivity index (χ4n) is 13.1. The van der Waals surface area contributed by atoms with Crippen molar-refractivity contribution in [3.8, 4) is 0 Å². The van der Waals surface area contributed by atoms with E-state index in [0.29, 0.717) is 26.2 Å². The first-order chi connectivity index (χ1) is 43.1. The Bertz CT molecular complexity index is 2630. The standard InChI is InChI=1S/C68H120N12O13/c1-25-27-28-43(13)56(81)55-60(85)71-48(26-2)63(88)73(18)47(17)62(87)78(23)54(44(14)34-80-30-29-68(35-80)36-93-37-68)59(84)72-52(41(9)10)66(91)74(19)49(31-38(3)4)58(83)69-45(15)57(82)70-46(16)61(86)75(20)50(32-39(5)6)64(89)76(21)51(33-40(7)8)65(90)77(22)53(42(11)12)67(92)79(55)24/h25,27,38-56,81H,26,28-37H2,1-24H3,(H,69,83)(H,70,82)(H,71,85)(H,72,84)/b27-25+/t43-,44-,45+,46-,47-,48+,49+,50+,51+,52+,53+,54+,55+,56-/m1/s1. The molecule has 1 spiro atoms. The van der Waals surface area contributed by atoms with E-state index in [1.165, 1.54) is 99.5 Å². The van der Waals surface area contributed by atoms with Crippen molar-refractivity contribution in [1.29, 1.82) is 0 Å². The van der Waals surface area contributed by atoms with Gasteiger partial charge in [0.2, 0.25) is 65.0 Å².